The molecule has 0 unspecified atom stereocenters. The molecule has 0 saturated carbocycles. The van der Waals surface area contributed by atoms with E-state index in [4.69, 9.17) is 16.3 Å². The van der Waals surface area contributed by atoms with E-state index in [1.54, 1.807) is 23.4 Å². The molecule has 3 rings (SSSR count). The number of aromatic nitrogens is 2. The van der Waals surface area contributed by atoms with Crippen LogP contribution >= 0.6 is 11.6 Å². The number of benzene rings is 1. The van der Waals surface area contributed by atoms with E-state index in [1.807, 2.05) is 31.2 Å². The predicted molar refractivity (Wildman–Crippen MR) is 108 cm³/mol. The van der Waals surface area contributed by atoms with Gasteiger partial charge in [-0.3, -0.25) is 4.79 Å². The fraction of sp³-hybridized carbons (Fsp3) is 0.476. The van der Waals surface area contributed by atoms with E-state index in [1.165, 1.54) is 5.56 Å². The first-order valence-corrected chi connectivity index (χ1v) is 10.0. The van der Waals surface area contributed by atoms with E-state index in [9.17, 15) is 9.59 Å². The highest BCUT2D eigenvalue weighted by atomic mass is 35.5. The van der Waals surface area contributed by atoms with Crippen LogP contribution in [0.4, 0.5) is 0 Å². The summed E-state index contributed by atoms with van der Waals surface area (Å²) in [6, 6.07) is 8.03. The van der Waals surface area contributed by atoms with Crippen LogP contribution in [0.15, 0.2) is 24.3 Å². The lowest BCUT2D eigenvalue weighted by molar-refractivity contribution is -0.140. The van der Waals surface area contributed by atoms with Crippen LogP contribution < -0.4 is 0 Å². The number of aryl methyl sites for hydroxylation is 2. The van der Waals surface area contributed by atoms with Gasteiger partial charge >= 0.3 is 5.97 Å². The van der Waals surface area contributed by atoms with Crippen molar-refractivity contribution in [1.29, 1.82) is 0 Å². The Morgan fingerprint density at radius 2 is 1.79 bits per heavy atom. The minimum absolute atomic E-state index is 0.158. The Bertz CT molecular complexity index is 855. The molecule has 1 amide bonds. The Balaban J connectivity index is 1.70. The number of amides is 1. The van der Waals surface area contributed by atoms with Crippen LogP contribution in [0.2, 0.25) is 5.15 Å². The summed E-state index contributed by atoms with van der Waals surface area (Å²) in [7, 11) is 0. The Labute approximate surface area is 170 Å². The molecule has 1 atom stereocenters. The molecule has 2 aromatic rings. The quantitative estimate of drug-likeness (QED) is 0.713. The first-order valence-electron chi connectivity index (χ1n) is 9.65. The minimum atomic E-state index is -0.846. The molecule has 1 aliphatic rings. The van der Waals surface area contributed by atoms with Gasteiger partial charge < -0.3 is 9.64 Å². The fourth-order valence-electron chi connectivity index (χ4n) is 3.40. The van der Waals surface area contributed by atoms with Gasteiger partial charge in [0.1, 0.15) is 10.7 Å². The van der Waals surface area contributed by atoms with E-state index in [0.717, 1.165) is 37.9 Å². The van der Waals surface area contributed by atoms with Crippen LogP contribution in [0, 0.1) is 13.8 Å². The summed E-state index contributed by atoms with van der Waals surface area (Å²) in [5.74, 6) is -0.774. The number of carbonyl (C=O) groups excluding carboxylic acids is 2. The third-order valence-corrected chi connectivity index (χ3v) is 5.41. The lowest BCUT2D eigenvalue weighted by atomic mass is 10.1. The smallest absolute Gasteiger partial charge is 0.343 e. The second kappa shape index (κ2) is 8.78. The van der Waals surface area contributed by atoms with E-state index in [2.05, 4.69) is 5.10 Å². The molecule has 1 saturated heterocycles. The molecule has 0 radical (unpaired) electrons. The SMILES string of the molecule is Cc1ccc(Cn2nc(C)c(C(=O)O[C@H](C)C(=O)N3CCCCC3)c2Cl)cc1. The Morgan fingerprint density at radius 1 is 1.14 bits per heavy atom. The van der Waals surface area contributed by atoms with Gasteiger partial charge in [-0.25, -0.2) is 9.48 Å². The van der Waals surface area contributed by atoms with Crippen LogP contribution in [-0.2, 0) is 16.1 Å². The third kappa shape index (κ3) is 4.55. The van der Waals surface area contributed by atoms with Gasteiger partial charge in [-0.05, 0) is 45.6 Å². The molecule has 28 heavy (non-hydrogen) atoms. The number of likely N-dealkylation sites (tertiary alicyclic amines) is 1. The van der Waals surface area contributed by atoms with Crippen molar-refractivity contribution in [3.05, 3.63) is 51.8 Å². The Kier molecular flexibility index (Phi) is 6.39. The number of nitrogens with zero attached hydrogens (tertiary/aromatic N) is 3. The van der Waals surface area contributed by atoms with Crippen molar-refractivity contribution in [2.45, 2.75) is 52.7 Å². The zero-order valence-electron chi connectivity index (χ0n) is 16.6. The van der Waals surface area contributed by atoms with Crippen molar-refractivity contribution in [1.82, 2.24) is 14.7 Å². The fourth-order valence-corrected chi connectivity index (χ4v) is 3.71. The van der Waals surface area contributed by atoms with E-state index < -0.39 is 12.1 Å². The van der Waals surface area contributed by atoms with E-state index in [0.29, 0.717) is 12.2 Å². The average Bonchev–Trinajstić information content (AvgIpc) is 2.96. The molecular formula is C21H26ClN3O3. The van der Waals surface area contributed by atoms with Crippen molar-refractivity contribution >= 4 is 23.5 Å². The lowest BCUT2D eigenvalue weighted by Gasteiger charge is -2.28. The third-order valence-electron chi connectivity index (χ3n) is 5.02. The summed E-state index contributed by atoms with van der Waals surface area (Å²) in [6.45, 7) is 7.23. The molecule has 0 N–H and O–H groups in total. The normalized spacial score (nSPS) is 15.4. The molecule has 6 nitrogen and oxygen atoms in total. The van der Waals surface area contributed by atoms with Gasteiger partial charge in [-0.2, -0.15) is 5.10 Å². The van der Waals surface area contributed by atoms with Crippen LogP contribution in [0.3, 0.4) is 0 Å². The van der Waals surface area contributed by atoms with Gasteiger partial charge in [0.25, 0.3) is 5.91 Å². The number of piperidine rings is 1. The van der Waals surface area contributed by atoms with Crippen LogP contribution in [-0.4, -0.2) is 45.8 Å². The number of halogens is 1. The molecule has 150 valence electrons. The Hall–Kier alpha value is -2.34. The number of rotatable bonds is 5. The van der Waals surface area contributed by atoms with Gasteiger partial charge in [0.05, 0.1) is 12.2 Å². The maximum absolute atomic E-state index is 12.7. The summed E-state index contributed by atoms with van der Waals surface area (Å²) in [6.07, 6.45) is 2.26. The molecule has 0 aliphatic carbocycles. The number of carbonyl (C=O) groups is 2. The topological polar surface area (TPSA) is 64.4 Å². The van der Waals surface area contributed by atoms with Crippen LogP contribution in [0.5, 0.6) is 0 Å². The zero-order valence-corrected chi connectivity index (χ0v) is 17.3. The monoisotopic (exact) mass is 403 g/mol. The highest BCUT2D eigenvalue weighted by molar-refractivity contribution is 6.32. The van der Waals surface area contributed by atoms with Gasteiger partial charge in [-0.1, -0.05) is 41.4 Å². The molecule has 1 aromatic carbocycles. The second-order valence-electron chi connectivity index (χ2n) is 7.33. The largest absolute Gasteiger partial charge is 0.449 e. The molecule has 7 heteroatoms. The average molecular weight is 404 g/mol. The summed E-state index contributed by atoms with van der Waals surface area (Å²) in [5, 5.41) is 4.60. The molecule has 1 aliphatic heterocycles. The molecule has 1 aromatic heterocycles. The van der Waals surface area contributed by atoms with Crippen molar-refractivity contribution in [3.8, 4) is 0 Å². The summed E-state index contributed by atoms with van der Waals surface area (Å²) >= 11 is 6.42. The van der Waals surface area contributed by atoms with Crippen molar-refractivity contribution in [2.75, 3.05) is 13.1 Å². The first-order chi connectivity index (χ1) is 13.4. The first kappa shape index (κ1) is 20.4. The molecule has 2 heterocycles. The minimum Gasteiger partial charge on any atom is -0.449 e. The van der Waals surface area contributed by atoms with Crippen molar-refractivity contribution < 1.29 is 14.3 Å². The highest BCUT2D eigenvalue weighted by Gasteiger charge is 2.28. The van der Waals surface area contributed by atoms with Gasteiger partial charge in [0, 0.05) is 13.1 Å². The van der Waals surface area contributed by atoms with Crippen molar-refractivity contribution in [3.63, 3.8) is 0 Å². The van der Waals surface area contributed by atoms with Crippen LogP contribution in [0.25, 0.3) is 0 Å². The van der Waals surface area contributed by atoms with Crippen LogP contribution in [0.1, 0.15) is 53.4 Å². The maximum atomic E-state index is 12.7. The number of ether oxygens (including phenoxy) is 1. The van der Waals surface area contributed by atoms with Gasteiger partial charge in [-0.15, -0.1) is 0 Å². The van der Waals surface area contributed by atoms with Gasteiger partial charge in [0.2, 0.25) is 0 Å². The standard InChI is InChI=1S/C21H26ClN3O3/c1-14-7-9-17(10-8-14)13-25-19(22)18(15(2)23-25)21(27)28-16(3)20(26)24-11-5-4-6-12-24/h7-10,16H,4-6,11-13H2,1-3H3/t16-/m1/s1. The molecule has 0 bridgehead atoms. The zero-order chi connectivity index (χ0) is 20.3. The summed E-state index contributed by atoms with van der Waals surface area (Å²) < 4.78 is 7.00. The van der Waals surface area contributed by atoms with Gasteiger partial charge in [0.15, 0.2) is 6.10 Å². The van der Waals surface area contributed by atoms with E-state index >= 15 is 0 Å². The number of esters is 1. The molecular weight excluding hydrogens is 378 g/mol. The lowest BCUT2D eigenvalue weighted by Crippen LogP contribution is -2.42. The molecule has 0 spiro atoms. The second-order valence-corrected chi connectivity index (χ2v) is 7.69. The Morgan fingerprint density at radius 3 is 2.43 bits per heavy atom. The summed E-state index contributed by atoms with van der Waals surface area (Å²) in [5.41, 5.74) is 2.90. The number of hydrogen-bond donors (Lipinski definition) is 0. The molecule has 1 fully saturated rings. The summed E-state index contributed by atoms with van der Waals surface area (Å²) in [4.78, 5) is 26.9. The van der Waals surface area contributed by atoms with Crippen molar-refractivity contribution in [2.24, 2.45) is 0 Å². The highest BCUT2D eigenvalue weighted by Crippen LogP contribution is 2.23. The predicted octanol–water partition coefficient (Wildman–Crippen LogP) is 3.76. The van der Waals surface area contributed by atoms with E-state index in [-0.39, 0.29) is 16.6 Å². The number of hydrogen-bond acceptors (Lipinski definition) is 4. The maximum Gasteiger partial charge on any atom is 0.343 e.